The van der Waals surface area contributed by atoms with Crippen LogP contribution in [0.4, 0.5) is 10.8 Å². The van der Waals surface area contributed by atoms with Crippen LogP contribution in [0, 0.1) is 21.8 Å². The van der Waals surface area contributed by atoms with Crippen LogP contribution in [0.1, 0.15) is 39.5 Å². The van der Waals surface area contributed by atoms with E-state index in [0.29, 0.717) is 29.2 Å². The molecule has 1 heterocycles. The number of hydrogen-bond donors (Lipinski definition) is 2. The number of halogens is 1. The minimum atomic E-state index is -0.330. The van der Waals surface area contributed by atoms with Crippen molar-refractivity contribution in [2.45, 2.75) is 20.5 Å². The zero-order valence-electron chi connectivity index (χ0n) is 24.0. The quantitative estimate of drug-likeness (QED) is 0.0815. The van der Waals surface area contributed by atoms with Gasteiger partial charge in [-0.05, 0) is 84.5 Å². The molecule has 44 heavy (non-hydrogen) atoms. The molecule has 5 aromatic rings. The Labute approximate surface area is 273 Å². The molecule has 10 heteroatoms. The molecular weight excluding hydrogens is 685 g/mol. The van der Waals surface area contributed by atoms with Gasteiger partial charge in [0.2, 0.25) is 0 Å². The molecule has 1 aromatic heterocycles. The molecule has 0 unspecified atom stereocenters. The van der Waals surface area contributed by atoms with Crippen molar-refractivity contribution in [2.24, 2.45) is 5.10 Å². The summed E-state index contributed by atoms with van der Waals surface area (Å²) >= 11 is 3.70. The summed E-state index contributed by atoms with van der Waals surface area (Å²) in [4.78, 5) is 17.4. The fourth-order valence-electron chi connectivity index (χ4n) is 4.22. The maximum Gasteiger partial charge on any atom is 0.271 e. The van der Waals surface area contributed by atoms with Crippen molar-refractivity contribution in [3.8, 4) is 28.8 Å². The number of benzene rings is 4. The fraction of sp³-hybridized carbons (Fsp3) is 0.118. The van der Waals surface area contributed by atoms with Crippen LogP contribution in [-0.2, 0) is 6.61 Å². The molecule has 220 valence electrons. The van der Waals surface area contributed by atoms with Gasteiger partial charge in [-0.15, -0.1) is 11.3 Å². The van der Waals surface area contributed by atoms with Gasteiger partial charge in [0.25, 0.3) is 5.91 Å². The number of aryl methyl sites for hydroxylation is 1. The van der Waals surface area contributed by atoms with Crippen molar-refractivity contribution >= 4 is 56.9 Å². The molecule has 0 atom stereocenters. The van der Waals surface area contributed by atoms with E-state index in [1.807, 2.05) is 60.8 Å². The molecule has 1 amide bonds. The van der Waals surface area contributed by atoms with E-state index < -0.39 is 0 Å². The smallest absolute Gasteiger partial charge is 0.271 e. The monoisotopic (exact) mass is 713 g/mol. The number of rotatable bonds is 11. The van der Waals surface area contributed by atoms with Crippen LogP contribution in [-0.4, -0.2) is 23.7 Å². The first-order chi connectivity index (χ1) is 21.4. The third-order valence-corrected chi connectivity index (χ3v) is 8.03. The Bertz CT molecular complexity index is 1830. The Kier molecular flexibility index (Phi) is 10.2. The van der Waals surface area contributed by atoms with Gasteiger partial charge >= 0.3 is 0 Å². The average Bonchev–Trinajstić information content (AvgIpc) is 3.50. The summed E-state index contributed by atoms with van der Waals surface area (Å²) in [6.45, 7) is 4.62. The number of nitrogens with one attached hydrogen (secondary N) is 2. The summed E-state index contributed by atoms with van der Waals surface area (Å²) < 4.78 is 12.7. The number of aromatic nitrogens is 1. The first-order valence-corrected chi connectivity index (χ1v) is 15.7. The lowest BCUT2D eigenvalue weighted by atomic mass is 10.1. The summed E-state index contributed by atoms with van der Waals surface area (Å²) in [7, 11) is 0. The molecule has 0 aliphatic rings. The SMILES string of the molecule is CCOc1cc(/C=N\NC(=O)c2ccc(-c3csc(Nc4ccc(C)cc4)n3)cc2)cc(I)c1OCc1ccccc1C#N. The number of nitriles is 1. The minimum Gasteiger partial charge on any atom is -0.490 e. The van der Waals surface area contributed by atoms with Crippen LogP contribution in [0.3, 0.4) is 0 Å². The lowest BCUT2D eigenvalue weighted by Gasteiger charge is -2.15. The molecule has 4 aromatic carbocycles. The van der Waals surface area contributed by atoms with E-state index in [1.165, 1.54) is 16.9 Å². The number of nitrogens with zero attached hydrogens (tertiary/aromatic N) is 3. The molecule has 0 saturated carbocycles. The van der Waals surface area contributed by atoms with Crippen LogP contribution >= 0.6 is 33.9 Å². The van der Waals surface area contributed by atoms with Gasteiger partial charge in [-0.1, -0.05) is 48.0 Å². The number of ether oxygens (including phenoxy) is 2. The molecular formula is C34H28IN5O3S. The topological polar surface area (TPSA) is 109 Å². The number of amides is 1. The third-order valence-electron chi connectivity index (χ3n) is 6.47. The number of hydrogen-bond acceptors (Lipinski definition) is 8. The van der Waals surface area contributed by atoms with E-state index >= 15 is 0 Å². The van der Waals surface area contributed by atoms with E-state index in [2.05, 4.69) is 68.5 Å². The van der Waals surface area contributed by atoms with Gasteiger partial charge in [0.05, 0.1) is 33.7 Å². The van der Waals surface area contributed by atoms with Gasteiger partial charge in [0.1, 0.15) is 6.61 Å². The highest BCUT2D eigenvalue weighted by atomic mass is 127. The summed E-state index contributed by atoms with van der Waals surface area (Å²) in [5, 5.41) is 19.6. The van der Waals surface area contributed by atoms with Gasteiger partial charge in [-0.3, -0.25) is 4.79 Å². The maximum absolute atomic E-state index is 12.8. The Hall–Kier alpha value is -4.73. The van der Waals surface area contributed by atoms with Crippen molar-refractivity contribution in [1.29, 1.82) is 5.26 Å². The predicted octanol–water partition coefficient (Wildman–Crippen LogP) is 8.08. The standard InChI is InChI=1S/C34H28IN5O3S/c1-3-42-31-17-23(16-29(35)32(31)43-20-27-7-5-4-6-26(27)18-36)19-37-40-33(41)25-12-10-24(11-13-25)30-21-44-34(39-30)38-28-14-8-22(2)9-15-28/h4-17,19,21H,3,20H2,1-2H3,(H,38,39)(H,40,41)/b37-19-. The lowest BCUT2D eigenvalue weighted by Crippen LogP contribution is -2.17. The van der Waals surface area contributed by atoms with Crippen LogP contribution < -0.4 is 20.2 Å². The van der Waals surface area contributed by atoms with Crippen molar-refractivity contribution < 1.29 is 14.3 Å². The number of carbonyl (C=O) groups excluding carboxylic acids is 1. The van der Waals surface area contributed by atoms with Crippen LogP contribution in [0.2, 0.25) is 0 Å². The molecule has 0 aliphatic heterocycles. The summed E-state index contributed by atoms with van der Waals surface area (Å²) in [5.41, 5.74) is 9.08. The Balaban J connectivity index is 1.20. The summed E-state index contributed by atoms with van der Waals surface area (Å²) in [6.07, 6.45) is 1.56. The zero-order valence-corrected chi connectivity index (χ0v) is 27.0. The molecule has 5 rings (SSSR count). The number of carbonyl (C=O) groups is 1. The Morgan fingerprint density at radius 2 is 1.84 bits per heavy atom. The van der Waals surface area contributed by atoms with Gasteiger partial charge in [0.15, 0.2) is 16.6 Å². The molecule has 2 N–H and O–H groups in total. The molecule has 8 nitrogen and oxygen atoms in total. The van der Waals surface area contributed by atoms with Crippen molar-refractivity contribution in [1.82, 2.24) is 10.4 Å². The highest BCUT2D eigenvalue weighted by Gasteiger charge is 2.14. The van der Waals surface area contributed by atoms with Crippen molar-refractivity contribution in [3.63, 3.8) is 0 Å². The molecule has 0 bridgehead atoms. The second-order valence-electron chi connectivity index (χ2n) is 9.63. The van der Waals surface area contributed by atoms with Gasteiger partial charge in [0, 0.05) is 27.8 Å². The van der Waals surface area contributed by atoms with E-state index in [-0.39, 0.29) is 12.5 Å². The van der Waals surface area contributed by atoms with Gasteiger partial charge < -0.3 is 14.8 Å². The van der Waals surface area contributed by atoms with E-state index in [0.717, 1.165) is 36.8 Å². The molecule has 0 spiro atoms. The highest BCUT2D eigenvalue weighted by molar-refractivity contribution is 14.1. The normalized spacial score (nSPS) is 10.8. The first-order valence-electron chi connectivity index (χ1n) is 13.7. The van der Waals surface area contributed by atoms with Crippen molar-refractivity contribution in [2.75, 3.05) is 11.9 Å². The van der Waals surface area contributed by atoms with Crippen LogP contribution in [0.25, 0.3) is 11.3 Å². The molecule has 0 fully saturated rings. The fourth-order valence-corrected chi connectivity index (χ4v) is 5.74. The first kappa shape index (κ1) is 30.7. The van der Waals surface area contributed by atoms with Crippen LogP contribution in [0.15, 0.2) is 95.4 Å². The maximum atomic E-state index is 12.8. The average molecular weight is 714 g/mol. The molecule has 0 radical (unpaired) electrons. The lowest BCUT2D eigenvalue weighted by molar-refractivity contribution is 0.0955. The molecule has 0 saturated heterocycles. The number of anilines is 2. The largest absolute Gasteiger partial charge is 0.490 e. The van der Waals surface area contributed by atoms with Crippen molar-refractivity contribution in [3.05, 3.63) is 122 Å². The molecule has 0 aliphatic carbocycles. The van der Waals surface area contributed by atoms with Crippen LogP contribution in [0.5, 0.6) is 11.5 Å². The zero-order chi connectivity index (χ0) is 30.9. The highest BCUT2D eigenvalue weighted by Crippen LogP contribution is 2.35. The second-order valence-corrected chi connectivity index (χ2v) is 11.6. The van der Waals surface area contributed by atoms with E-state index in [4.69, 9.17) is 9.47 Å². The van der Waals surface area contributed by atoms with Gasteiger partial charge in [-0.25, -0.2) is 10.4 Å². The summed E-state index contributed by atoms with van der Waals surface area (Å²) in [5.74, 6) is 0.805. The third kappa shape index (κ3) is 7.80. The van der Waals surface area contributed by atoms with E-state index in [9.17, 15) is 10.1 Å². The summed E-state index contributed by atoms with van der Waals surface area (Å²) in [6, 6.07) is 28.6. The minimum absolute atomic E-state index is 0.232. The number of hydrazone groups is 1. The Morgan fingerprint density at radius 3 is 2.59 bits per heavy atom. The number of thiazole rings is 1. The predicted molar refractivity (Wildman–Crippen MR) is 183 cm³/mol. The van der Waals surface area contributed by atoms with E-state index in [1.54, 1.807) is 30.5 Å². The Morgan fingerprint density at radius 1 is 1.07 bits per heavy atom. The second kappa shape index (κ2) is 14.6. The van der Waals surface area contributed by atoms with Gasteiger partial charge in [-0.2, -0.15) is 10.4 Å².